The van der Waals surface area contributed by atoms with Gasteiger partial charge in [0, 0.05) is 18.8 Å². The van der Waals surface area contributed by atoms with E-state index in [2.05, 4.69) is 36.1 Å². The molecule has 2 heteroatoms. The van der Waals surface area contributed by atoms with Gasteiger partial charge in [-0.3, -0.25) is 0 Å². The molecule has 1 fully saturated rings. The minimum absolute atomic E-state index is 0.317. The van der Waals surface area contributed by atoms with E-state index < -0.39 is 0 Å². The quantitative estimate of drug-likeness (QED) is 0.793. The molecule has 100 valence electrons. The molecule has 0 aromatic heterocycles. The Morgan fingerprint density at radius 1 is 1.22 bits per heavy atom. The van der Waals surface area contributed by atoms with E-state index in [9.17, 15) is 5.11 Å². The summed E-state index contributed by atoms with van der Waals surface area (Å²) in [5, 5.41) is 9.80. The lowest BCUT2D eigenvalue weighted by molar-refractivity contribution is 0.173. The number of hydrogen-bond acceptors (Lipinski definition) is 2. The summed E-state index contributed by atoms with van der Waals surface area (Å²) < 4.78 is 0. The van der Waals surface area contributed by atoms with Crippen LogP contribution in [0.15, 0.2) is 24.3 Å². The summed E-state index contributed by atoms with van der Waals surface area (Å²) in [6, 6.07) is 8.45. The third-order valence-electron chi connectivity index (χ3n) is 3.70. The highest BCUT2D eigenvalue weighted by Gasteiger charge is 2.24. The maximum atomic E-state index is 9.80. The van der Waals surface area contributed by atoms with E-state index in [1.54, 1.807) is 0 Å². The van der Waals surface area contributed by atoms with Crippen LogP contribution in [0.1, 0.15) is 51.2 Å². The van der Waals surface area contributed by atoms with Crippen molar-refractivity contribution < 1.29 is 5.11 Å². The Balaban J connectivity index is 2.04. The van der Waals surface area contributed by atoms with Gasteiger partial charge in [-0.15, -0.1) is 0 Å². The molecule has 1 N–H and O–H groups in total. The maximum absolute atomic E-state index is 9.80. The molecule has 0 aliphatic heterocycles. The molecule has 1 atom stereocenters. The van der Waals surface area contributed by atoms with Crippen LogP contribution in [-0.4, -0.2) is 18.2 Å². The SMILES string of the molecule is CCCN(CC1CC1)c1ccc([C@H](O)CC)cc1. The molecule has 1 aromatic rings. The number of hydrogen-bond donors (Lipinski definition) is 1. The van der Waals surface area contributed by atoms with Crippen LogP contribution in [0.3, 0.4) is 0 Å². The van der Waals surface area contributed by atoms with Gasteiger partial charge in [-0.25, -0.2) is 0 Å². The molecule has 2 rings (SSSR count). The van der Waals surface area contributed by atoms with E-state index in [1.807, 2.05) is 6.92 Å². The zero-order valence-corrected chi connectivity index (χ0v) is 11.6. The summed E-state index contributed by atoms with van der Waals surface area (Å²) in [5.74, 6) is 0.914. The molecular weight excluding hydrogens is 222 g/mol. The first-order chi connectivity index (χ1) is 8.74. The molecule has 1 aliphatic rings. The zero-order valence-electron chi connectivity index (χ0n) is 11.6. The van der Waals surface area contributed by atoms with Crippen molar-refractivity contribution >= 4 is 5.69 Å². The maximum Gasteiger partial charge on any atom is 0.0787 e. The van der Waals surface area contributed by atoms with Crippen LogP contribution in [0.4, 0.5) is 5.69 Å². The molecule has 1 aliphatic carbocycles. The van der Waals surface area contributed by atoms with Crippen LogP contribution in [-0.2, 0) is 0 Å². The molecule has 1 aromatic carbocycles. The van der Waals surface area contributed by atoms with Crippen molar-refractivity contribution in [2.45, 2.75) is 45.6 Å². The van der Waals surface area contributed by atoms with E-state index in [0.717, 1.165) is 24.4 Å². The minimum Gasteiger partial charge on any atom is -0.388 e. The van der Waals surface area contributed by atoms with Crippen molar-refractivity contribution in [1.82, 2.24) is 0 Å². The number of benzene rings is 1. The second kappa shape index (κ2) is 6.24. The van der Waals surface area contributed by atoms with Gasteiger partial charge < -0.3 is 10.0 Å². The standard InChI is InChI=1S/C16H25NO/c1-3-11-17(12-13-5-6-13)15-9-7-14(8-10-15)16(18)4-2/h7-10,13,16,18H,3-6,11-12H2,1-2H3/t16-/m1/s1. The monoisotopic (exact) mass is 247 g/mol. The van der Waals surface area contributed by atoms with Gasteiger partial charge >= 0.3 is 0 Å². The van der Waals surface area contributed by atoms with Gasteiger partial charge in [-0.05, 0) is 49.3 Å². The fourth-order valence-corrected chi connectivity index (χ4v) is 2.35. The number of rotatable bonds is 7. The Labute approximate surface area is 111 Å². The number of aliphatic hydroxyl groups is 1. The Hall–Kier alpha value is -1.02. The van der Waals surface area contributed by atoms with Crippen LogP contribution in [0, 0.1) is 5.92 Å². The topological polar surface area (TPSA) is 23.5 Å². The van der Waals surface area contributed by atoms with Gasteiger partial charge in [-0.2, -0.15) is 0 Å². The predicted molar refractivity (Wildman–Crippen MR) is 76.9 cm³/mol. The molecule has 0 amide bonds. The first kappa shape index (κ1) is 13.4. The summed E-state index contributed by atoms with van der Waals surface area (Å²) >= 11 is 0. The lowest BCUT2D eigenvalue weighted by Crippen LogP contribution is -2.26. The third kappa shape index (κ3) is 3.49. The largest absolute Gasteiger partial charge is 0.388 e. The lowest BCUT2D eigenvalue weighted by atomic mass is 10.1. The molecule has 18 heavy (non-hydrogen) atoms. The van der Waals surface area contributed by atoms with Gasteiger partial charge in [0.25, 0.3) is 0 Å². The smallest absolute Gasteiger partial charge is 0.0787 e. The highest BCUT2D eigenvalue weighted by Crippen LogP contribution is 2.32. The van der Waals surface area contributed by atoms with Crippen molar-refractivity contribution in [2.75, 3.05) is 18.0 Å². The predicted octanol–water partition coefficient (Wildman–Crippen LogP) is 3.76. The zero-order chi connectivity index (χ0) is 13.0. The summed E-state index contributed by atoms with van der Waals surface area (Å²) in [4.78, 5) is 2.49. The van der Waals surface area contributed by atoms with Gasteiger partial charge in [0.05, 0.1) is 6.10 Å². The molecule has 0 unspecified atom stereocenters. The van der Waals surface area contributed by atoms with Gasteiger partial charge in [-0.1, -0.05) is 26.0 Å². The van der Waals surface area contributed by atoms with E-state index >= 15 is 0 Å². The van der Waals surface area contributed by atoms with Crippen molar-refractivity contribution in [1.29, 1.82) is 0 Å². The van der Waals surface area contributed by atoms with Crippen LogP contribution < -0.4 is 4.90 Å². The first-order valence-electron chi connectivity index (χ1n) is 7.27. The van der Waals surface area contributed by atoms with Crippen molar-refractivity contribution in [3.63, 3.8) is 0 Å². The molecule has 0 heterocycles. The number of aliphatic hydroxyl groups excluding tert-OH is 1. The average Bonchev–Trinajstić information content (AvgIpc) is 3.21. The summed E-state index contributed by atoms with van der Waals surface area (Å²) in [5.41, 5.74) is 2.33. The molecule has 0 saturated heterocycles. The van der Waals surface area contributed by atoms with E-state index in [0.29, 0.717) is 0 Å². The van der Waals surface area contributed by atoms with Gasteiger partial charge in [0.1, 0.15) is 0 Å². The fourth-order valence-electron chi connectivity index (χ4n) is 2.35. The van der Waals surface area contributed by atoms with Crippen molar-refractivity contribution in [3.05, 3.63) is 29.8 Å². The fraction of sp³-hybridized carbons (Fsp3) is 0.625. The molecule has 1 saturated carbocycles. The highest BCUT2D eigenvalue weighted by atomic mass is 16.3. The van der Waals surface area contributed by atoms with Crippen molar-refractivity contribution in [2.24, 2.45) is 5.92 Å². The van der Waals surface area contributed by atoms with Crippen LogP contribution >= 0.6 is 0 Å². The second-order valence-corrected chi connectivity index (χ2v) is 5.40. The van der Waals surface area contributed by atoms with Crippen molar-refractivity contribution in [3.8, 4) is 0 Å². The lowest BCUT2D eigenvalue weighted by Gasteiger charge is -2.24. The minimum atomic E-state index is -0.317. The molecule has 0 bridgehead atoms. The summed E-state index contributed by atoms with van der Waals surface area (Å²) in [7, 11) is 0. The first-order valence-corrected chi connectivity index (χ1v) is 7.27. The number of nitrogens with zero attached hydrogens (tertiary/aromatic N) is 1. The number of anilines is 1. The Kier molecular flexibility index (Phi) is 4.65. The second-order valence-electron chi connectivity index (χ2n) is 5.40. The van der Waals surface area contributed by atoms with Crippen LogP contribution in [0.2, 0.25) is 0 Å². The van der Waals surface area contributed by atoms with Gasteiger partial charge in [0.15, 0.2) is 0 Å². The summed E-state index contributed by atoms with van der Waals surface area (Å²) in [6.07, 6.45) is 4.44. The third-order valence-corrected chi connectivity index (χ3v) is 3.70. The molecule has 0 radical (unpaired) electrons. The average molecular weight is 247 g/mol. The molecule has 2 nitrogen and oxygen atoms in total. The highest BCUT2D eigenvalue weighted by molar-refractivity contribution is 5.48. The Morgan fingerprint density at radius 2 is 1.89 bits per heavy atom. The van der Waals surface area contributed by atoms with Crippen LogP contribution in [0.25, 0.3) is 0 Å². The Bertz CT molecular complexity index is 356. The summed E-state index contributed by atoms with van der Waals surface area (Å²) in [6.45, 7) is 6.57. The van der Waals surface area contributed by atoms with E-state index in [-0.39, 0.29) is 6.10 Å². The normalized spacial score (nSPS) is 16.6. The van der Waals surface area contributed by atoms with Crippen LogP contribution in [0.5, 0.6) is 0 Å². The Morgan fingerprint density at radius 3 is 2.39 bits per heavy atom. The van der Waals surface area contributed by atoms with E-state index in [1.165, 1.54) is 31.5 Å². The van der Waals surface area contributed by atoms with Gasteiger partial charge in [0.2, 0.25) is 0 Å². The molecular formula is C16H25NO. The van der Waals surface area contributed by atoms with E-state index in [4.69, 9.17) is 0 Å². The molecule has 0 spiro atoms.